The number of hydrogen-bond acceptors (Lipinski definition) is 5. The minimum atomic E-state index is -0.438. The minimum Gasteiger partial charge on any atom is -0.493 e. The third-order valence-electron chi connectivity index (χ3n) is 7.25. The van der Waals surface area contributed by atoms with Crippen molar-refractivity contribution in [2.24, 2.45) is 17.8 Å². The Kier molecular flexibility index (Phi) is 6.50. The number of amides is 1. The van der Waals surface area contributed by atoms with Crippen molar-refractivity contribution >= 4 is 11.9 Å². The normalized spacial score (nSPS) is 28.1. The van der Waals surface area contributed by atoms with E-state index in [1.54, 1.807) is 0 Å². The van der Waals surface area contributed by atoms with E-state index in [1.807, 2.05) is 36.1 Å². The first-order chi connectivity index (χ1) is 15.0. The number of aryl methyl sites for hydroxylation is 1. The van der Waals surface area contributed by atoms with Gasteiger partial charge in [-0.1, -0.05) is 12.1 Å². The van der Waals surface area contributed by atoms with E-state index in [2.05, 4.69) is 6.07 Å². The highest BCUT2D eigenvalue weighted by molar-refractivity contribution is 5.81. The molecule has 166 valence electrons. The zero-order valence-corrected chi connectivity index (χ0v) is 18.3. The van der Waals surface area contributed by atoms with E-state index in [1.165, 1.54) is 19.3 Å². The van der Waals surface area contributed by atoms with Gasteiger partial charge in [0.15, 0.2) is 6.61 Å². The SMILES string of the molecule is Cc1cccc(OCCC(=O)OCC(=O)N(CCC#N)C23CC4CC(CC(C4)C2)C3)c1. The number of carbonyl (C=O) groups excluding carboxylic acids is 2. The van der Waals surface area contributed by atoms with Crippen molar-refractivity contribution in [1.82, 2.24) is 4.90 Å². The molecule has 5 rings (SSSR count). The molecular formula is C25H32N2O4. The number of nitriles is 1. The van der Waals surface area contributed by atoms with Crippen LogP contribution < -0.4 is 4.74 Å². The lowest BCUT2D eigenvalue weighted by atomic mass is 9.52. The number of nitrogens with zero attached hydrogens (tertiary/aromatic N) is 2. The Balaban J connectivity index is 1.30. The van der Waals surface area contributed by atoms with E-state index < -0.39 is 5.97 Å². The van der Waals surface area contributed by atoms with Crippen LogP contribution in [-0.4, -0.2) is 42.1 Å². The average Bonchev–Trinajstić information content (AvgIpc) is 2.71. The zero-order valence-electron chi connectivity index (χ0n) is 18.3. The number of rotatable bonds is 9. The molecule has 0 aromatic heterocycles. The molecule has 0 atom stereocenters. The van der Waals surface area contributed by atoms with Crippen LogP contribution in [0, 0.1) is 36.0 Å². The standard InChI is InChI=1S/C25H32N2O4/c1-18-4-2-5-22(10-18)30-9-6-24(29)31-17-23(28)27(8-3-7-26)25-14-19-11-20(15-25)13-21(12-19)16-25/h2,4-5,10,19-21H,3,6,8-9,11-17H2,1H3. The fraction of sp³-hybridized carbons (Fsp3) is 0.640. The molecule has 0 radical (unpaired) electrons. The lowest BCUT2D eigenvalue weighted by molar-refractivity contribution is -0.162. The first-order valence-corrected chi connectivity index (χ1v) is 11.5. The van der Waals surface area contributed by atoms with Gasteiger partial charge < -0.3 is 14.4 Å². The molecule has 0 aliphatic heterocycles. The summed E-state index contributed by atoms with van der Waals surface area (Å²) >= 11 is 0. The number of hydrogen-bond donors (Lipinski definition) is 0. The highest BCUT2D eigenvalue weighted by Crippen LogP contribution is 2.57. The molecule has 1 amide bonds. The summed E-state index contributed by atoms with van der Waals surface area (Å²) in [7, 11) is 0. The van der Waals surface area contributed by atoms with Gasteiger partial charge in [0.2, 0.25) is 0 Å². The topological polar surface area (TPSA) is 79.6 Å². The molecule has 4 saturated carbocycles. The molecule has 1 aromatic carbocycles. The van der Waals surface area contributed by atoms with E-state index in [-0.39, 0.29) is 31.1 Å². The lowest BCUT2D eigenvalue weighted by Crippen LogP contribution is -2.62. The molecule has 4 bridgehead atoms. The van der Waals surface area contributed by atoms with Crippen molar-refractivity contribution in [3.8, 4) is 11.8 Å². The Bertz CT molecular complexity index is 824. The van der Waals surface area contributed by atoms with Gasteiger partial charge in [-0.25, -0.2) is 0 Å². The maximum Gasteiger partial charge on any atom is 0.309 e. The molecule has 0 unspecified atom stereocenters. The monoisotopic (exact) mass is 424 g/mol. The minimum absolute atomic E-state index is 0.0940. The van der Waals surface area contributed by atoms with Gasteiger partial charge in [-0.2, -0.15) is 5.26 Å². The second-order valence-corrected chi connectivity index (χ2v) is 9.67. The van der Waals surface area contributed by atoms with E-state index in [4.69, 9.17) is 14.7 Å². The van der Waals surface area contributed by atoms with Crippen molar-refractivity contribution < 1.29 is 19.1 Å². The first-order valence-electron chi connectivity index (χ1n) is 11.5. The molecular weight excluding hydrogens is 392 g/mol. The molecule has 0 heterocycles. The molecule has 0 N–H and O–H groups in total. The van der Waals surface area contributed by atoms with E-state index >= 15 is 0 Å². The molecule has 4 fully saturated rings. The summed E-state index contributed by atoms with van der Waals surface area (Å²) < 4.78 is 10.9. The van der Waals surface area contributed by atoms with Crippen LogP contribution in [0.5, 0.6) is 5.75 Å². The van der Waals surface area contributed by atoms with Gasteiger partial charge in [0, 0.05) is 12.1 Å². The van der Waals surface area contributed by atoms with E-state index in [0.717, 1.165) is 24.8 Å². The third-order valence-corrected chi connectivity index (χ3v) is 7.25. The fourth-order valence-corrected chi connectivity index (χ4v) is 6.43. The van der Waals surface area contributed by atoms with Crippen LogP contribution in [0.3, 0.4) is 0 Å². The highest BCUT2D eigenvalue weighted by atomic mass is 16.5. The second-order valence-electron chi connectivity index (χ2n) is 9.67. The van der Waals surface area contributed by atoms with Crippen LogP contribution in [0.1, 0.15) is 56.9 Å². The van der Waals surface area contributed by atoms with Crippen LogP contribution in [-0.2, 0) is 14.3 Å². The van der Waals surface area contributed by atoms with Gasteiger partial charge in [0.1, 0.15) is 5.75 Å². The molecule has 6 nitrogen and oxygen atoms in total. The van der Waals surface area contributed by atoms with Crippen molar-refractivity contribution in [1.29, 1.82) is 5.26 Å². The molecule has 0 spiro atoms. The van der Waals surface area contributed by atoms with E-state index in [0.29, 0.717) is 36.5 Å². The Morgan fingerprint density at radius 3 is 2.45 bits per heavy atom. The third kappa shape index (κ3) is 5.03. The Morgan fingerprint density at radius 1 is 1.16 bits per heavy atom. The van der Waals surface area contributed by atoms with Crippen LogP contribution in [0.4, 0.5) is 0 Å². The fourth-order valence-electron chi connectivity index (χ4n) is 6.43. The van der Waals surface area contributed by atoms with Crippen molar-refractivity contribution in [3.63, 3.8) is 0 Å². The number of benzene rings is 1. The van der Waals surface area contributed by atoms with Crippen molar-refractivity contribution in [2.45, 2.75) is 63.8 Å². The van der Waals surface area contributed by atoms with Gasteiger partial charge >= 0.3 is 5.97 Å². The average molecular weight is 425 g/mol. The van der Waals surface area contributed by atoms with Gasteiger partial charge in [-0.3, -0.25) is 9.59 Å². The number of carbonyl (C=O) groups is 2. The Morgan fingerprint density at radius 2 is 1.84 bits per heavy atom. The van der Waals surface area contributed by atoms with E-state index in [9.17, 15) is 9.59 Å². The second kappa shape index (κ2) is 9.30. The summed E-state index contributed by atoms with van der Waals surface area (Å²) in [5.74, 6) is 2.21. The molecule has 4 aliphatic carbocycles. The molecule has 0 saturated heterocycles. The van der Waals surface area contributed by atoms with Crippen LogP contribution in [0.2, 0.25) is 0 Å². The Labute approximate surface area is 184 Å². The largest absolute Gasteiger partial charge is 0.493 e. The molecule has 31 heavy (non-hydrogen) atoms. The van der Waals surface area contributed by atoms with Gasteiger partial charge in [-0.15, -0.1) is 0 Å². The number of esters is 1. The zero-order chi connectivity index (χ0) is 21.8. The van der Waals surface area contributed by atoms with Gasteiger partial charge in [-0.05, 0) is 80.9 Å². The van der Waals surface area contributed by atoms with Crippen LogP contribution in [0.15, 0.2) is 24.3 Å². The first kappa shape index (κ1) is 21.7. The maximum atomic E-state index is 13.1. The van der Waals surface area contributed by atoms with Crippen molar-refractivity contribution in [3.05, 3.63) is 29.8 Å². The summed E-state index contributed by atoms with van der Waals surface area (Å²) in [5, 5.41) is 9.12. The van der Waals surface area contributed by atoms with Crippen LogP contribution in [0.25, 0.3) is 0 Å². The molecule has 4 aliphatic rings. The highest BCUT2D eigenvalue weighted by Gasteiger charge is 2.54. The Hall–Kier alpha value is -2.55. The van der Waals surface area contributed by atoms with Crippen molar-refractivity contribution in [2.75, 3.05) is 19.8 Å². The number of ether oxygens (including phenoxy) is 2. The lowest BCUT2D eigenvalue weighted by Gasteiger charge is -2.60. The van der Waals surface area contributed by atoms with Crippen LogP contribution >= 0.6 is 0 Å². The summed E-state index contributed by atoms with van der Waals surface area (Å²) in [6.07, 6.45) is 7.38. The predicted molar refractivity (Wildman–Crippen MR) is 115 cm³/mol. The molecule has 6 heteroatoms. The summed E-state index contributed by atoms with van der Waals surface area (Å²) in [4.78, 5) is 27.2. The smallest absolute Gasteiger partial charge is 0.309 e. The van der Waals surface area contributed by atoms with Gasteiger partial charge in [0.25, 0.3) is 5.91 Å². The summed E-state index contributed by atoms with van der Waals surface area (Å²) in [6, 6.07) is 9.82. The quantitative estimate of drug-likeness (QED) is 0.560. The maximum absolute atomic E-state index is 13.1. The summed E-state index contributed by atoms with van der Waals surface area (Å²) in [6.45, 7) is 2.37. The predicted octanol–water partition coefficient (Wildman–Crippen LogP) is 4.02. The summed E-state index contributed by atoms with van der Waals surface area (Å²) in [5.41, 5.74) is 0.955. The van der Waals surface area contributed by atoms with Gasteiger partial charge in [0.05, 0.1) is 25.5 Å². The molecule has 1 aromatic rings.